The zero-order valence-corrected chi connectivity index (χ0v) is 29.0. The third-order valence-corrected chi connectivity index (χ3v) is 11.4. The number of anilines is 3. The molecule has 5 heterocycles. The van der Waals surface area contributed by atoms with E-state index >= 15 is 4.39 Å². The minimum Gasteiger partial charge on any atom is -0.381 e. The molecule has 4 amide bonds. The molecule has 7 rings (SSSR count). The zero-order valence-electron chi connectivity index (χ0n) is 27.5. The minimum atomic E-state index is -1.15. The van der Waals surface area contributed by atoms with Gasteiger partial charge in [0.05, 0.1) is 28.0 Å². The molecule has 1 aromatic heterocycles. The molecule has 0 saturated carbocycles. The van der Waals surface area contributed by atoms with Gasteiger partial charge < -0.3 is 21.3 Å². The van der Waals surface area contributed by atoms with Crippen molar-refractivity contribution in [2.24, 2.45) is 5.73 Å². The highest BCUT2D eigenvalue weighted by atomic mass is 35.5. The van der Waals surface area contributed by atoms with Crippen LogP contribution in [0.15, 0.2) is 46.5 Å². The second-order valence-electron chi connectivity index (χ2n) is 13.5. The Balaban J connectivity index is 0.983. The number of fused-ring (bicyclic) bond motifs is 1. The smallest absolute Gasteiger partial charge is 0.265 e. The Morgan fingerprint density at radius 2 is 1.78 bits per heavy atom. The van der Waals surface area contributed by atoms with E-state index in [4.69, 9.17) is 23.1 Å². The Kier molecular flexibility index (Phi) is 9.18. The first-order valence-electron chi connectivity index (χ1n) is 16.5. The number of halogens is 2. The topological polar surface area (TPSA) is 171 Å². The molecule has 0 bridgehead atoms. The third-order valence-electron chi connectivity index (χ3n) is 9.80. The number of nitrogens with two attached hydrogens (primary N) is 2. The summed E-state index contributed by atoms with van der Waals surface area (Å²) in [6.07, 6.45) is 3.47. The Hall–Kier alpha value is -4.31. The average molecular weight is 722 g/mol. The lowest BCUT2D eigenvalue weighted by atomic mass is 9.91. The van der Waals surface area contributed by atoms with E-state index in [2.05, 4.69) is 36.9 Å². The molecule has 0 aliphatic carbocycles. The van der Waals surface area contributed by atoms with Gasteiger partial charge in [0.2, 0.25) is 11.8 Å². The van der Waals surface area contributed by atoms with Crippen LogP contribution < -0.4 is 26.6 Å². The first kappa shape index (κ1) is 34.2. The van der Waals surface area contributed by atoms with Gasteiger partial charge >= 0.3 is 0 Å². The van der Waals surface area contributed by atoms with Crippen molar-refractivity contribution in [1.82, 2.24) is 25.1 Å². The Morgan fingerprint density at radius 3 is 2.48 bits per heavy atom. The van der Waals surface area contributed by atoms with Crippen LogP contribution in [-0.4, -0.2) is 94.2 Å². The van der Waals surface area contributed by atoms with Crippen LogP contribution in [0.1, 0.15) is 58.9 Å². The average Bonchev–Trinajstić information content (AvgIpc) is 3.32. The molecule has 2 aromatic carbocycles. The fraction of sp³-hybridized carbons (Fsp3) is 0.412. The van der Waals surface area contributed by atoms with E-state index in [1.54, 1.807) is 6.20 Å². The van der Waals surface area contributed by atoms with Gasteiger partial charge in [0.25, 0.3) is 11.8 Å². The standard InChI is InChI=1S/C34H37ClFN9O4S/c1-34(38)7-9-44(10-8-34)25-17-39-31(29(37)40-25)50-24-4-2-3-22(28(24)35)43-13-11-42(12-14-43)18-19-15-20-27(21(36)16-19)33(49)45(32(20)48)23-5-6-26(46)41-30(23)47/h2-4,15-17,23H,5-14,18,38H2,1H3,(H2,37,40)(H,41,46,47). The number of nitrogens with one attached hydrogen (secondary N) is 1. The van der Waals surface area contributed by atoms with Gasteiger partial charge in [0.1, 0.15) is 22.7 Å². The van der Waals surface area contributed by atoms with E-state index in [1.807, 2.05) is 18.2 Å². The number of benzene rings is 2. The van der Waals surface area contributed by atoms with Crippen molar-refractivity contribution in [3.63, 3.8) is 0 Å². The zero-order chi connectivity index (χ0) is 35.3. The molecule has 3 fully saturated rings. The molecule has 3 aromatic rings. The molecule has 0 spiro atoms. The van der Waals surface area contributed by atoms with E-state index in [0.717, 1.165) is 47.2 Å². The van der Waals surface area contributed by atoms with Gasteiger partial charge in [0, 0.05) is 62.7 Å². The number of piperazine rings is 1. The lowest BCUT2D eigenvalue weighted by molar-refractivity contribution is -0.136. The molecule has 13 nitrogen and oxygen atoms in total. The van der Waals surface area contributed by atoms with Crippen LogP contribution in [-0.2, 0) is 16.1 Å². The van der Waals surface area contributed by atoms with Crippen LogP contribution >= 0.6 is 23.4 Å². The number of imide groups is 2. The number of aromatic nitrogens is 2. The van der Waals surface area contributed by atoms with Crippen LogP contribution in [0.4, 0.5) is 21.7 Å². The van der Waals surface area contributed by atoms with Gasteiger partial charge in [-0.25, -0.2) is 14.4 Å². The molecule has 1 atom stereocenters. The Morgan fingerprint density at radius 1 is 1.04 bits per heavy atom. The Bertz CT molecular complexity index is 1890. The van der Waals surface area contributed by atoms with Gasteiger partial charge in [-0.1, -0.05) is 29.4 Å². The highest BCUT2D eigenvalue weighted by Gasteiger charge is 2.46. The van der Waals surface area contributed by atoms with Crippen LogP contribution in [0, 0.1) is 5.82 Å². The number of nitrogen functional groups attached to an aromatic ring is 1. The normalized spacial score (nSPS) is 21.1. The van der Waals surface area contributed by atoms with E-state index in [-0.39, 0.29) is 29.5 Å². The van der Waals surface area contributed by atoms with Gasteiger partial charge in [-0.2, -0.15) is 0 Å². The van der Waals surface area contributed by atoms with E-state index < -0.39 is 35.5 Å². The molecule has 0 radical (unpaired) electrons. The lowest BCUT2D eigenvalue weighted by Crippen LogP contribution is -2.54. The van der Waals surface area contributed by atoms with Crippen LogP contribution in [0.2, 0.25) is 5.02 Å². The first-order valence-corrected chi connectivity index (χ1v) is 17.7. The number of amides is 4. The number of nitrogens with zero attached hydrogens (tertiary/aromatic N) is 6. The summed E-state index contributed by atoms with van der Waals surface area (Å²) in [6.45, 7) is 6.60. The van der Waals surface area contributed by atoms with Crippen LogP contribution in [0.5, 0.6) is 0 Å². The van der Waals surface area contributed by atoms with E-state index in [9.17, 15) is 19.2 Å². The van der Waals surface area contributed by atoms with Crippen molar-refractivity contribution in [2.75, 3.05) is 54.8 Å². The molecular weight excluding hydrogens is 685 g/mol. The monoisotopic (exact) mass is 721 g/mol. The van der Waals surface area contributed by atoms with Crippen molar-refractivity contribution >= 4 is 64.3 Å². The number of hydrogen-bond donors (Lipinski definition) is 3. The van der Waals surface area contributed by atoms with E-state index in [1.165, 1.54) is 23.9 Å². The van der Waals surface area contributed by atoms with Gasteiger partial charge in [-0.15, -0.1) is 0 Å². The SMILES string of the molecule is CC1(N)CCN(c2cnc(Sc3cccc(N4CCN(Cc5cc(F)c6c(c5)C(=O)N(C5CCC(=O)NC5=O)C6=O)CC4)c3Cl)c(N)n2)CC1. The molecule has 4 aliphatic heterocycles. The third kappa shape index (κ3) is 6.62. The molecule has 4 aliphatic rings. The van der Waals surface area contributed by atoms with Crippen molar-refractivity contribution < 1.29 is 23.6 Å². The summed E-state index contributed by atoms with van der Waals surface area (Å²) in [4.78, 5) is 67.5. The first-order chi connectivity index (χ1) is 23.9. The summed E-state index contributed by atoms with van der Waals surface area (Å²) in [7, 11) is 0. The number of carbonyl (C=O) groups is 4. The maximum Gasteiger partial charge on any atom is 0.265 e. The van der Waals surface area contributed by atoms with Crippen molar-refractivity contribution in [1.29, 1.82) is 0 Å². The fourth-order valence-electron chi connectivity index (χ4n) is 6.89. The minimum absolute atomic E-state index is 0.00417. The number of carbonyl (C=O) groups excluding carboxylic acids is 4. The predicted octanol–water partition coefficient (Wildman–Crippen LogP) is 3.04. The van der Waals surface area contributed by atoms with Gasteiger partial charge in [-0.05, 0) is 56.0 Å². The summed E-state index contributed by atoms with van der Waals surface area (Å²) in [5.41, 5.74) is 13.5. The van der Waals surface area contributed by atoms with Crippen molar-refractivity contribution in [3.05, 3.63) is 64.1 Å². The second-order valence-corrected chi connectivity index (χ2v) is 14.9. The quantitative estimate of drug-likeness (QED) is 0.305. The summed E-state index contributed by atoms with van der Waals surface area (Å²) in [5, 5.41) is 3.30. The highest BCUT2D eigenvalue weighted by Crippen LogP contribution is 2.40. The van der Waals surface area contributed by atoms with Gasteiger partial charge in [0.15, 0.2) is 5.82 Å². The molecule has 50 heavy (non-hydrogen) atoms. The van der Waals surface area contributed by atoms with Gasteiger partial charge in [-0.3, -0.25) is 34.3 Å². The number of rotatable bonds is 7. The van der Waals surface area contributed by atoms with Crippen LogP contribution in [0.3, 0.4) is 0 Å². The number of piperidine rings is 2. The van der Waals surface area contributed by atoms with Crippen molar-refractivity contribution in [3.8, 4) is 0 Å². The largest absolute Gasteiger partial charge is 0.381 e. The molecule has 1 unspecified atom stereocenters. The summed E-state index contributed by atoms with van der Waals surface area (Å²) < 4.78 is 15.3. The molecule has 3 saturated heterocycles. The lowest BCUT2D eigenvalue weighted by Gasteiger charge is -2.37. The fourth-order valence-corrected chi connectivity index (χ4v) is 8.05. The van der Waals surface area contributed by atoms with Crippen LogP contribution in [0.25, 0.3) is 0 Å². The Labute approximate surface area is 297 Å². The summed E-state index contributed by atoms with van der Waals surface area (Å²) in [6, 6.07) is 7.47. The van der Waals surface area contributed by atoms with E-state index in [0.29, 0.717) is 54.2 Å². The highest BCUT2D eigenvalue weighted by molar-refractivity contribution is 7.99. The maximum absolute atomic E-state index is 15.3. The molecule has 262 valence electrons. The number of hydrogen-bond acceptors (Lipinski definition) is 12. The molecule has 5 N–H and O–H groups in total. The summed E-state index contributed by atoms with van der Waals surface area (Å²) >= 11 is 8.30. The molecule has 16 heteroatoms. The molecular formula is C34H37ClFN9O4S. The van der Waals surface area contributed by atoms with Crippen molar-refractivity contribution in [2.45, 2.75) is 60.7 Å². The second kappa shape index (κ2) is 13.4. The predicted molar refractivity (Wildman–Crippen MR) is 187 cm³/mol. The summed E-state index contributed by atoms with van der Waals surface area (Å²) in [5.74, 6) is -2.55. The maximum atomic E-state index is 15.3.